The van der Waals surface area contributed by atoms with Crippen molar-refractivity contribution in [3.05, 3.63) is 217 Å². The molecular formula is C49H35N5. The molecule has 5 heteroatoms. The fourth-order valence-electron chi connectivity index (χ4n) is 6.33. The quantitative estimate of drug-likeness (QED) is 0.145. The van der Waals surface area contributed by atoms with Crippen molar-refractivity contribution in [1.29, 1.82) is 5.41 Å². The Kier molecular flexibility index (Phi) is 9.93. The highest BCUT2D eigenvalue weighted by Gasteiger charge is 2.13. The first-order chi connectivity index (χ1) is 26.7. The Bertz CT molecular complexity index is 2510. The minimum atomic E-state index is 0.410. The van der Waals surface area contributed by atoms with Crippen molar-refractivity contribution in [2.45, 2.75) is 0 Å². The third-order valence-corrected chi connectivity index (χ3v) is 9.13. The summed E-state index contributed by atoms with van der Waals surface area (Å²) in [6, 6.07) is 61.0. The molecule has 0 atom stereocenters. The maximum absolute atomic E-state index is 8.68. The summed E-state index contributed by atoms with van der Waals surface area (Å²) >= 11 is 0. The molecule has 0 spiro atoms. The van der Waals surface area contributed by atoms with E-state index in [0.29, 0.717) is 5.71 Å². The number of hydrogen-bond donors (Lipinski definition) is 1. The molecule has 0 aliphatic heterocycles. The first-order valence-electron chi connectivity index (χ1n) is 17.8. The average Bonchev–Trinajstić information content (AvgIpc) is 3.26. The molecule has 5 aromatic carbocycles. The molecule has 256 valence electrons. The summed E-state index contributed by atoms with van der Waals surface area (Å²) in [5.74, 6) is 0. The van der Waals surface area contributed by atoms with Crippen molar-refractivity contribution in [3.63, 3.8) is 0 Å². The molecule has 8 aromatic rings. The van der Waals surface area contributed by atoms with Crippen LogP contribution in [0.2, 0.25) is 0 Å². The molecule has 0 unspecified atom stereocenters. The zero-order chi connectivity index (χ0) is 36.5. The zero-order valence-electron chi connectivity index (χ0n) is 29.4. The maximum atomic E-state index is 8.68. The fraction of sp³-hybridized carbons (Fsp3) is 0. The van der Waals surface area contributed by atoms with Crippen LogP contribution in [0.1, 0.15) is 16.7 Å². The van der Waals surface area contributed by atoms with E-state index in [4.69, 9.17) is 20.4 Å². The molecule has 0 saturated heterocycles. The van der Waals surface area contributed by atoms with Crippen LogP contribution in [0.3, 0.4) is 0 Å². The van der Waals surface area contributed by atoms with Crippen molar-refractivity contribution in [3.8, 4) is 56.2 Å². The molecule has 0 saturated carbocycles. The lowest BCUT2D eigenvalue weighted by atomic mass is 9.94. The average molecular weight is 694 g/mol. The van der Waals surface area contributed by atoms with Gasteiger partial charge in [-0.15, -0.1) is 0 Å². The third kappa shape index (κ3) is 7.76. The Hall–Kier alpha value is -7.37. The van der Waals surface area contributed by atoms with Gasteiger partial charge < -0.3 is 5.41 Å². The Morgan fingerprint density at radius 2 is 1.04 bits per heavy atom. The molecule has 8 rings (SSSR count). The van der Waals surface area contributed by atoms with Gasteiger partial charge in [0.2, 0.25) is 0 Å². The normalized spacial score (nSPS) is 11.4. The number of nitrogens with zero attached hydrogens (tertiary/aromatic N) is 4. The van der Waals surface area contributed by atoms with E-state index in [1.54, 1.807) is 6.20 Å². The van der Waals surface area contributed by atoms with E-state index in [1.165, 1.54) is 0 Å². The van der Waals surface area contributed by atoms with Gasteiger partial charge in [-0.2, -0.15) is 0 Å². The second kappa shape index (κ2) is 15.9. The second-order valence-corrected chi connectivity index (χ2v) is 12.7. The zero-order valence-corrected chi connectivity index (χ0v) is 29.4. The minimum Gasteiger partial charge on any atom is -0.300 e. The SMILES string of the molecule is N=C(/C=C(\N=Cc1ccc(-c2ccccc2-c2ccc(-c3cc(-c4ccccc4)cc(-c4ccccn4)n3)nc2)cc1)c1ccccc1)c1ccccc1. The first-order valence-corrected chi connectivity index (χ1v) is 17.8. The van der Waals surface area contributed by atoms with Gasteiger partial charge in [0, 0.05) is 29.7 Å². The van der Waals surface area contributed by atoms with Crippen LogP contribution in [0, 0.1) is 5.41 Å². The summed E-state index contributed by atoms with van der Waals surface area (Å²) in [5.41, 5.74) is 13.6. The van der Waals surface area contributed by atoms with E-state index in [1.807, 2.05) is 122 Å². The van der Waals surface area contributed by atoms with Crippen LogP contribution in [0.5, 0.6) is 0 Å². The van der Waals surface area contributed by atoms with Gasteiger partial charge in [0.25, 0.3) is 0 Å². The second-order valence-electron chi connectivity index (χ2n) is 12.7. The molecular weight excluding hydrogens is 659 g/mol. The predicted octanol–water partition coefficient (Wildman–Crippen LogP) is 11.7. The molecule has 0 aliphatic carbocycles. The van der Waals surface area contributed by atoms with Crippen LogP contribution in [0.4, 0.5) is 0 Å². The van der Waals surface area contributed by atoms with Gasteiger partial charge >= 0.3 is 0 Å². The summed E-state index contributed by atoms with van der Waals surface area (Å²) in [5, 5.41) is 8.68. The van der Waals surface area contributed by atoms with Crippen LogP contribution < -0.4 is 0 Å². The summed E-state index contributed by atoms with van der Waals surface area (Å²) in [7, 11) is 0. The number of aromatic nitrogens is 3. The van der Waals surface area contributed by atoms with Gasteiger partial charge in [-0.3, -0.25) is 15.0 Å². The van der Waals surface area contributed by atoms with E-state index in [9.17, 15) is 0 Å². The number of pyridine rings is 3. The largest absolute Gasteiger partial charge is 0.300 e. The summed E-state index contributed by atoms with van der Waals surface area (Å²) in [6.45, 7) is 0. The van der Waals surface area contributed by atoms with Gasteiger partial charge in [0.05, 0.1) is 34.2 Å². The molecule has 0 amide bonds. The highest BCUT2D eigenvalue weighted by atomic mass is 14.8. The van der Waals surface area contributed by atoms with Gasteiger partial charge in [0.1, 0.15) is 0 Å². The van der Waals surface area contributed by atoms with Gasteiger partial charge in [-0.05, 0) is 75.4 Å². The number of allylic oxidation sites excluding steroid dienone is 1. The lowest BCUT2D eigenvalue weighted by Gasteiger charge is -2.12. The van der Waals surface area contributed by atoms with Crippen LogP contribution in [0.15, 0.2) is 205 Å². The standard InChI is InChI=1S/C49H35N5/c50-44(38-16-6-2-7-17-38)32-47(39-18-8-3-9-19-39)52-33-35-23-25-37(26-24-35)42-20-10-11-21-43(42)40-27-28-46(53-34-40)49-31-41(36-14-4-1-5-15-36)30-48(54-49)45-22-12-13-29-51-45/h1-34,50H/b47-32-,50-44?,52-33?. The molecule has 54 heavy (non-hydrogen) atoms. The van der Waals surface area contributed by atoms with Gasteiger partial charge in [-0.1, -0.05) is 152 Å². The van der Waals surface area contributed by atoms with Crippen molar-refractivity contribution >= 4 is 17.6 Å². The Balaban J connectivity index is 1.06. The molecule has 0 aliphatic rings. The van der Waals surface area contributed by atoms with Crippen LogP contribution in [-0.4, -0.2) is 26.9 Å². The fourth-order valence-corrected chi connectivity index (χ4v) is 6.33. The van der Waals surface area contributed by atoms with E-state index < -0.39 is 0 Å². The number of nitrogens with one attached hydrogen (secondary N) is 1. The predicted molar refractivity (Wildman–Crippen MR) is 222 cm³/mol. The molecule has 0 fully saturated rings. The summed E-state index contributed by atoms with van der Waals surface area (Å²) < 4.78 is 0. The van der Waals surface area contributed by atoms with Crippen molar-refractivity contribution < 1.29 is 0 Å². The van der Waals surface area contributed by atoms with E-state index in [2.05, 4.69) is 83.8 Å². The van der Waals surface area contributed by atoms with Crippen LogP contribution in [-0.2, 0) is 0 Å². The van der Waals surface area contributed by atoms with Crippen LogP contribution in [0.25, 0.3) is 61.9 Å². The summed E-state index contributed by atoms with van der Waals surface area (Å²) in [4.78, 5) is 19.3. The smallest absolute Gasteiger partial charge is 0.0900 e. The van der Waals surface area contributed by atoms with Crippen molar-refractivity contribution in [2.75, 3.05) is 0 Å². The molecule has 3 aromatic heterocycles. The highest BCUT2D eigenvalue weighted by molar-refractivity contribution is 6.10. The number of rotatable bonds is 10. The van der Waals surface area contributed by atoms with Gasteiger partial charge in [0.15, 0.2) is 0 Å². The molecule has 5 nitrogen and oxygen atoms in total. The van der Waals surface area contributed by atoms with E-state index in [0.717, 1.165) is 78.5 Å². The van der Waals surface area contributed by atoms with Crippen molar-refractivity contribution in [2.24, 2.45) is 4.99 Å². The monoisotopic (exact) mass is 693 g/mol. The van der Waals surface area contributed by atoms with E-state index >= 15 is 0 Å². The number of benzene rings is 5. The molecule has 1 N–H and O–H groups in total. The molecule has 0 bridgehead atoms. The Morgan fingerprint density at radius 3 is 1.67 bits per heavy atom. The lowest BCUT2D eigenvalue weighted by molar-refractivity contribution is 1.22. The first kappa shape index (κ1) is 33.8. The van der Waals surface area contributed by atoms with E-state index in [-0.39, 0.29) is 0 Å². The minimum absolute atomic E-state index is 0.410. The number of aliphatic imine (C=N–C) groups is 1. The Morgan fingerprint density at radius 1 is 0.463 bits per heavy atom. The Labute approximate surface area is 315 Å². The number of hydrogen-bond acceptors (Lipinski definition) is 5. The maximum Gasteiger partial charge on any atom is 0.0900 e. The lowest BCUT2D eigenvalue weighted by Crippen LogP contribution is -1.96. The van der Waals surface area contributed by atoms with Crippen LogP contribution >= 0.6 is 0 Å². The molecule has 0 radical (unpaired) electrons. The van der Waals surface area contributed by atoms with Gasteiger partial charge in [-0.25, -0.2) is 4.98 Å². The highest BCUT2D eigenvalue weighted by Crippen LogP contribution is 2.34. The van der Waals surface area contributed by atoms with Crippen molar-refractivity contribution in [1.82, 2.24) is 15.0 Å². The molecule has 3 heterocycles. The topological polar surface area (TPSA) is 74.9 Å². The third-order valence-electron chi connectivity index (χ3n) is 9.13. The summed E-state index contributed by atoms with van der Waals surface area (Å²) in [6.07, 6.45) is 7.39.